The van der Waals surface area contributed by atoms with Crippen LogP contribution in [0.15, 0.2) is 23.1 Å². The van der Waals surface area contributed by atoms with Gasteiger partial charge in [-0.1, -0.05) is 13.0 Å². The first-order valence-electron chi connectivity index (χ1n) is 6.03. The zero-order chi connectivity index (χ0) is 14.5. The summed E-state index contributed by atoms with van der Waals surface area (Å²) in [5.41, 5.74) is 0.608. The van der Waals surface area contributed by atoms with E-state index < -0.39 is 15.8 Å². The number of carboxylic acid groups (broad SMARTS) is 1. The fraction of sp³-hybridized carbons (Fsp3) is 0.462. The molecule has 0 spiro atoms. The summed E-state index contributed by atoms with van der Waals surface area (Å²) in [7, 11) is -3.39. The summed E-state index contributed by atoms with van der Waals surface area (Å²) in [6.45, 7) is 3.68. The Kier molecular flexibility index (Phi) is 5.87. The molecule has 0 aromatic heterocycles. The van der Waals surface area contributed by atoms with E-state index in [2.05, 4.69) is 0 Å². The summed E-state index contributed by atoms with van der Waals surface area (Å²) in [6, 6.07) is 4.27. The van der Waals surface area contributed by atoms with E-state index in [1.54, 1.807) is 18.7 Å². The number of hydrogen-bond donors (Lipinski definition) is 1. The second-order valence-corrected chi connectivity index (χ2v) is 7.65. The van der Waals surface area contributed by atoms with Gasteiger partial charge >= 0.3 is 5.97 Å². The molecule has 0 amide bonds. The highest BCUT2D eigenvalue weighted by atomic mass is 32.2. The van der Waals surface area contributed by atoms with Crippen molar-refractivity contribution in [3.63, 3.8) is 0 Å². The van der Waals surface area contributed by atoms with Crippen LogP contribution in [0.2, 0.25) is 0 Å². The standard InChI is InChI=1S/C13H18O4S2/c1-3-18-7-4-8-19(16,17)11-6-5-10(2)12(9-11)13(14)15/h5-6,9H,3-4,7-8H2,1-2H3,(H,14,15). The molecule has 4 nitrogen and oxygen atoms in total. The molecular weight excluding hydrogens is 284 g/mol. The summed E-state index contributed by atoms with van der Waals surface area (Å²) < 4.78 is 24.2. The van der Waals surface area contributed by atoms with Gasteiger partial charge in [-0.05, 0) is 42.5 Å². The maximum atomic E-state index is 12.1. The number of rotatable bonds is 7. The molecule has 0 saturated heterocycles. The van der Waals surface area contributed by atoms with Crippen LogP contribution >= 0.6 is 11.8 Å². The third-order valence-corrected chi connectivity index (χ3v) is 5.49. The number of aryl methyl sites for hydroxylation is 1. The molecule has 0 radical (unpaired) electrons. The predicted molar refractivity (Wildman–Crippen MR) is 77.8 cm³/mol. The van der Waals surface area contributed by atoms with Crippen LogP contribution in [0, 0.1) is 6.92 Å². The molecule has 0 heterocycles. The summed E-state index contributed by atoms with van der Waals surface area (Å²) in [4.78, 5) is 11.1. The minimum Gasteiger partial charge on any atom is -0.478 e. The van der Waals surface area contributed by atoms with E-state index in [0.717, 1.165) is 11.5 Å². The SMILES string of the molecule is CCSCCCS(=O)(=O)c1ccc(C)c(C(=O)O)c1. The lowest BCUT2D eigenvalue weighted by molar-refractivity contribution is 0.0696. The number of aromatic carboxylic acids is 1. The Morgan fingerprint density at radius 1 is 1.37 bits per heavy atom. The smallest absolute Gasteiger partial charge is 0.335 e. The lowest BCUT2D eigenvalue weighted by atomic mass is 10.1. The summed E-state index contributed by atoms with van der Waals surface area (Å²) in [5, 5.41) is 9.00. The van der Waals surface area contributed by atoms with Crippen molar-refractivity contribution in [2.45, 2.75) is 25.2 Å². The van der Waals surface area contributed by atoms with E-state index in [1.165, 1.54) is 18.2 Å². The van der Waals surface area contributed by atoms with Gasteiger partial charge < -0.3 is 5.11 Å². The largest absolute Gasteiger partial charge is 0.478 e. The number of sulfone groups is 1. The normalized spacial score (nSPS) is 11.5. The average Bonchev–Trinajstić information content (AvgIpc) is 2.34. The van der Waals surface area contributed by atoms with Crippen molar-refractivity contribution in [2.24, 2.45) is 0 Å². The van der Waals surface area contributed by atoms with Crippen LogP contribution in [-0.2, 0) is 9.84 Å². The van der Waals surface area contributed by atoms with Gasteiger partial charge in [-0.3, -0.25) is 0 Å². The molecule has 1 aromatic carbocycles. The van der Waals surface area contributed by atoms with Crippen LogP contribution in [0.25, 0.3) is 0 Å². The molecule has 6 heteroatoms. The molecule has 0 fully saturated rings. The molecule has 0 aliphatic heterocycles. The number of hydrogen-bond acceptors (Lipinski definition) is 4. The third kappa shape index (κ3) is 4.54. The van der Waals surface area contributed by atoms with Crippen molar-refractivity contribution < 1.29 is 18.3 Å². The topological polar surface area (TPSA) is 71.4 Å². The van der Waals surface area contributed by atoms with Crippen LogP contribution in [0.4, 0.5) is 0 Å². The van der Waals surface area contributed by atoms with Crippen LogP contribution in [-0.4, -0.2) is 36.8 Å². The lowest BCUT2D eigenvalue weighted by Gasteiger charge is -2.07. The molecular formula is C13H18O4S2. The van der Waals surface area contributed by atoms with Gasteiger partial charge in [-0.25, -0.2) is 13.2 Å². The van der Waals surface area contributed by atoms with Gasteiger partial charge in [-0.15, -0.1) is 0 Å². The van der Waals surface area contributed by atoms with Crippen molar-refractivity contribution in [1.82, 2.24) is 0 Å². The van der Waals surface area contributed by atoms with Gasteiger partial charge in [0.05, 0.1) is 16.2 Å². The molecule has 0 unspecified atom stereocenters. The molecule has 0 aliphatic rings. The number of carboxylic acids is 1. The van der Waals surface area contributed by atoms with Gasteiger partial charge in [0.25, 0.3) is 0 Å². The summed E-state index contributed by atoms with van der Waals surface area (Å²) in [5.74, 6) is 0.722. The predicted octanol–water partition coefficient (Wildman–Crippen LogP) is 2.61. The first-order valence-corrected chi connectivity index (χ1v) is 8.83. The highest BCUT2D eigenvalue weighted by Crippen LogP contribution is 2.18. The molecule has 0 saturated carbocycles. The Hall–Kier alpha value is -1.01. The van der Waals surface area contributed by atoms with Crippen molar-refractivity contribution in [3.05, 3.63) is 29.3 Å². The number of carbonyl (C=O) groups is 1. The third-order valence-electron chi connectivity index (χ3n) is 2.70. The Morgan fingerprint density at radius 3 is 2.63 bits per heavy atom. The Morgan fingerprint density at radius 2 is 2.05 bits per heavy atom. The van der Waals surface area contributed by atoms with Gasteiger partial charge in [0.2, 0.25) is 0 Å². The summed E-state index contributed by atoms with van der Waals surface area (Å²) in [6.07, 6.45) is 0.580. The van der Waals surface area contributed by atoms with Crippen LogP contribution in [0.1, 0.15) is 29.3 Å². The zero-order valence-corrected chi connectivity index (χ0v) is 12.7. The monoisotopic (exact) mass is 302 g/mol. The van der Waals surface area contributed by atoms with Crippen LogP contribution in [0.5, 0.6) is 0 Å². The molecule has 106 valence electrons. The fourth-order valence-corrected chi connectivity index (χ4v) is 3.79. The molecule has 19 heavy (non-hydrogen) atoms. The minimum absolute atomic E-state index is 0.0454. The number of benzene rings is 1. The Balaban J connectivity index is 2.89. The molecule has 0 bridgehead atoms. The van der Waals surface area contributed by atoms with Gasteiger partial charge in [0.1, 0.15) is 0 Å². The van der Waals surface area contributed by atoms with Crippen LogP contribution in [0.3, 0.4) is 0 Å². The second kappa shape index (κ2) is 6.96. The maximum Gasteiger partial charge on any atom is 0.335 e. The van der Waals surface area contributed by atoms with E-state index in [9.17, 15) is 13.2 Å². The average molecular weight is 302 g/mol. The van der Waals surface area contributed by atoms with E-state index in [1.807, 2.05) is 6.92 Å². The molecule has 0 atom stereocenters. The van der Waals surface area contributed by atoms with Crippen molar-refractivity contribution >= 4 is 27.6 Å². The van der Waals surface area contributed by atoms with Gasteiger partial charge in [0.15, 0.2) is 9.84 Å². The van der Waals surface area contributed by atoms with E-state index in [0.29, 0.717) is 12.0 Å². The fourth-order valence-electron chi connectivity index (χ4n) is 1.64. The molecule has 0 aliphatic carbocycles. The number of thioether (sulfide) groups is 1. The van der Waals surface area contributed by atoms with Crippen molar-refractivity contribution in [1.29, 1.82) is 0 Å². The van der Waals surface area contributed by atoms with Gasteiger partial charge in [-0.2, -0.15) is 11.8 Å². The highest BCUT2D eigenvalue weighted by molar-refractivity contribution is 7.99. The quantitative estimate of drug-likeness (QED) is 0.784. The van der Waals surface area contributed by atoms with Crippen molar-refractivity contribution in [2.75, 3.05) is 17.3 Å². The molecule has 1 N–H and O–H groups in total. The summed E-state index contributed by atoms with van der Waals surface area (Å²) >= 11 is 1.70. The van der Waals surface area contributed by atoms with Crippen molar-refractivity contribution in [3.8, 4) is 0 Å². The van der Waals surface area contributed by atoms with E-state index >= 15 is 0 Å². The Labute approximate surface area is 118 Å². The minimum atomic E-state index is -3.39. The zero-order valence-electron chi connectivity index (χ0n) is 11.0. The Bertz CT molecular complexity index is 550. The first-order chi connectivity index (χ1) is 8.88. The van der Waals surface area contributed by atoms with Gasteiger partial charge in [0, 0.05) is 0 Å². The van der Waals surface area contributed by atoms with Crippen LogP contribution < -0.4 is 0 Å². The maximum absolute atomic E-state index is 12.1. The van der Waals surface area contributed by atoms with E-state index in [4.69, 9.17) is 5.11 Å². The first kappa shape index (κ1) is 16.0. The second-order valence-electron chi connectivity index (χ2n) is 4.15. The lowest BCUT2D eigenvalue weighted by Crippen LogP contribution is -2.10. The highest BCUT2D eigenvalue weighted by Gasteiger charge is 2.17. The molecule has 1 rings (SSSR count). The van der Waals surface area contributed by atoms with E-state index in [-0.39, 0.29) is 16.2 Å². The molecule has 1 aromatic rings.